The molecule has 0 bridgehead atoms. The van der Waals surface area contributed by atoms with Crippen LogP contribution in [0.15, 0.2) is 30.6 Å². The maximum Gasteiger partial charge on any atom is 0.260 e. The van der Waals surface area contributed by atoms with Gasteiger partial charge >= 0.3 is 0 Å². The number of fused-ring (bicyclic) bond motifs is 1. The van der Waals surface area contributed by atoms with Crippen molar-refractivity contribution < 1.29 is 9.53 Å². The number of likely N-dealkylation sites (tertiary alicyclic amines) is 1. The van der Waals surface area contributed by atoms with Crippen LogP contribution in [0.25, 0.3) is 0 Å². The second kappa shape index (κ2) is 7.27. The summed E-state index contributed by atoms with van der Waals surface area (Å²) in [4.78, 5) is 21.9. The number of amides is 1. The van der Waals surface area contributed by atoms with Crippen molar-refractivity contribution in [3.05, 3.63) is 47.5 Å². The highest BCUT2D eigenvalue weighted by Gasteiger charge is 2.24. The summed E-state index contributed by atoms with van der Waals surface area (Å²) in [5.74, 6) is 1.03. The van der Waals surface area contributed by atoms with Gasteiger partial charge in [0.25, 0.3) is 5.91 Å². The van der Waals surface area contributed by atoms with Gasteiger partial charge in [0.15, 0.2) is 6.61 Å². The summed E-state index contributed by atoms with van der Waals surface area (Å²) in [7, 11) is 0. The molecule has 0 spiro atoms. The van der Waals surface area contributed by atoms with E-state index in [1.54, 1.807) is 6.33 Å². The number of carbonyl (C=O) groups excluding carboxylic acids is 1. The van der Waals surface area contributed by atoms with E-state index in [9.17, 15) is 4.79 Å². The van der Waals surface area contributed by atoms with Gasteiger partial charge in [-0.3, -0.25) is 4.79 Å². The number of benzene rings is 1. The number of nitrogens with one attached hydrogen (secondary N) is 2. The van der Waals surface area contributed by atoms with Crippen molar-refractivity contribution in [2.75, 3.05) is 26.2 Å². The highest BCUT2D eigenvalue weighted by Crippen LogP contribution is 2.29. The van der Waals surface area contributed by atoms with Crippen LogP contribution in [0, 0.1) is 0 Å². The van der Waals surface area contributed by atoms with E-state index in [4.69, 9.17) is 4.74 Å². The largest absolute Gasteiger partial charge is 0.484 e. The standard InChI is InChI=1S/C19H24N4O2/c24-18(23-7-2-1-3-8-23)12-25-15-6-4-5-14(9-15)16-10-20-11-17-19(16)22-13-21-17/h4-6,9,13,16,20H,1-3,7-8,10-12H2,(H,21,22). The number of carbonyl (C=O) groups is 1. The third-order valence-corrected chi connectivity index (χ3v) is 5.06. The first-order valence-corrected chi connectivity index (χ1v) is 9.04. The highest BCUT2D eigenvalue weighted by molar-refractivity contribution is 5.77. The fourth-order valence-electron chi connectivity index (χ4n) is 3.69. The van der Waals surface area contributed by atoms with E-state index in [1.165, 1.54) is 6.42 Å². The van der Waals surface area contributed by atoms with Crippen LogP contribution in [-0.2, 0) is 11.3 Å². The molecule has 1 aromatic heterocycles. The molecule has 0 radical (unpaired) electrons. The molecule has 1 fully saturated rings. The van der Waals surface area contributed by atoms with Gasteiger partial charge in [0, 0.05) is 32.1 Å². The van der Waals surface area contributed by atoms with Crippen molar-refractivity contribution in [2.24, 2.45) is 0 Å². The fourth-order valence-corrected chi connectivity index (χ4v) is 3.69. The Balaban J connectivity index is 1.43. The van der Waals surface area contributed by atoms with Gasteiger partial charge < -0.3 is 19.9 Å². The Morgan fingerprint density at radius 1 is 1.28 bits per heavy atom. The van der Waals surface area contributed by atoms with Crippen LogP contribution in [-0.4, -0.2) is 47.0 Å². The molecule has 6 heteroatoms. The molecule has 2 aliphatic heterocycles. The van der Waals surface area contributed by atoms with Gasteiger partial charge in [0.2, 0.25) is 0 Å². The molecule has 1 atom stereocenters. The number of rotatable bonds is 4. The Kier molecular flexibility index (Phi) is 4.70. The third-order valence-electron chi connectivity index (χ3n) is 5.06. The van der Waals surface area contributed by atoms with Crippen molar-refractivity contribution in [3.63, 3.8) is 0 Å². The summed E-state index contributed by atoms with van der Waals surface area (Å²) < 4.78 is 5.78. The van der Waals surface area contributed by atoms with Gasteiger partial charge in [-0.1, -0.05) is 12.1 Å². The molecule has 132 valence electrons. The van der Waals surface area contributed by atoms with Crippen molar-refractivity contribution in [1.82, 2.24) is 20.2 Å². The smallest absolute Gasteiger partial charge is 0.260 e. The average molecular weight is 340 g/mol. The lowest BCUT2D eigenvalue weighted by atomic mass is 9.92. The van der Waals surface area contributed by atoms with Crippen LogP contribution in [0.2, 0.25) is 0 Å². The van der Waals surface area contributed by atoms with Crippen LogP contribution in [0.4, 0.5) is 0 Å². The van der Waals surface area contributed by atoms with Gasteiger partial charge in [0.05, 0.1) is 17.7 Å². The minimum Gasteiger partial charge on any atom is -0.484 e. The molecule has 6 nitrogen and oxygen atoms in total. The molecular weight excluding hydrogens is 316 g/mol. The number of hydrogen-bond donors (Lipinski definition) is 2. The fraction of sp³-hybridized carbons (Fsp3) is 0.474. The summed E-state index contributed by atoms with van der Waals surface area (Å²) in [6.45, 7) is 3.51. The van der Waals surface area contributed by atoms with E-state index >= 15 is 0 Å². The van der Waals surface area contributed by atoms with Crippen molar-refractivity contribution in [1.29, 1.82) is 0 Å². The highest BCUT2D eigenvalue weighted by atomic mass is 16.5. The van der Waals surface area contributed by atoms with Crippen molar-refractivity contribution in [2.45, 2.75) is 31.7 Å². The average Bonchev–Trinajstić information content (AvgIpc) is 3.16. The quantitative estimate of drug-likeness (QED) is 0.893. The predicted octanol–water partition coefficient (Wildman–Crippen LogP) is 2.04. The Morgan fingerprint density at radius 2 is 2.16 bits per heavy atom. The zero-order chi connectivity index (χ0) is 17.1. The van der Waals surface area contributed by atoms with Gasteiger partial charge in [-0.2, -0.15) is 0 Å². The maximum absolute atomic E-state index is 12.3. The minimum absolute atomic E-state index is 0.0824. The lowest BCUT2D eigenvalue weighted by molar-refractivity contribution is -0.134. The summed E-state index contributed by atoms with van der Waals surface area (Å²) in [6, 6.07) is 8.01. The predicted molar refractivity (Wildman–Crippen MR) is 94.5 cm³/mol. The SMILES string of the molecule is O=C(COc1cccc(C2CNCc3[nH]cnc32)c1)N1CCCCC1. The first kappa shape index (κ1) is 16.1. The van der Waals surface area contributed by atoms with Gasteiger partial charge in [-0.15, -0.1) is 0 Å². The minimum atomic E-state index is 0.0824. The zero-order valence-corrected chi connectivity index (χ0v) is 14.3. The number of imidazole rings is 1. The summed E-state index contributed by atoms with van der Waals surface area (Å²) in [5.41, 5.74) is 3.40. The van der Waals surface area contributed by atoms with E-state index in [1.807, 2.05) is 23.1 Å². The Morgan fingerprint density at radius 3 is 3.04 bits per heavy atom. The first-order chi connectivity index (χ1) is 12.3. The molecule has 0 aliphatic carbocycles. The number of H-pyrrole nitrogens is 1. The third kappa shape index (κ3) is 3.54. The lowest BCUT2D eigenvalue weighted by Gasteiger charge is -2.26. The number of aromatic amines is 1. The molecule has 1 aromatic carbocycles. The molecule has 1 saturated heterocycles. The van der Waals surface area contributed by atoms with Crippen LogP contribution in [0.5, 0.6) is 5.75 Å². The molecule has 2 aliphatic rings. The van der Waals surface area contributed by atoms with Crippen LogP contribution >= 0.6 is 0 Å². The Hall–Kier alpha value is -2.34. The lowest BCUT2D eigenvalue weighted by Crippen LogP contribution is -2.38. The molecule has 1 unspecified atom stereocenters. The second-order valence-corrected chi connectivity index (χ2v) is 6.75. The second-order valence-electron chi connectivity index (χ2n) is 6.75. The molecule has 0 saturated carbocycles. The molecule has 2 aromatic rings. The molecule has 2 N–H and O–H groups in total. The molecular formula is C19H24N4O2. The number of nitrogens with zero attached hydrogens (tertiary/aromatic N) is 2. The summed E-state index contributed by atoms with van der Waals surface area (Å²) >= 11 is 0. The Labute approximate surface area is 147 Å². The van der Waals surface area contributed by atoms with Crippen LogP contribution < -0.4 is 10.1 Å². The number of hydrogen-bond acceptors (Lipinski definition) is 4. The van der Waals surface area contributed by atoms with Gasteiger partial charge in [-0.25, -0.2) is 4.98 Å². The molecule has 4 rings (SSSR count). The molecule has 1 amide bonds. The molecule has 3 heterocycles. The monoisotopic (exact) mass is 340 g/mol. The van der Waals surface area contributed by atoms with Crippen LogP contribution in [0.1, 0.15) is 42.1 Å². The van der Waals surface area contributed by atoms with Gasteiger partial charge in [-0.05, 0) is 37.0 Å². The van der Waals surface area contributed by atoms with Crippen LogP contribution in [0.3, 0.4) is 0 Å². The number of aromatic nitrogens is 2. The summed E-state index contributed by atoms with van der Waals surface area (Å²) in [6.07, 6.45) is 5.17. The van der Waals surface area contributed by atoms with E-state index in [0.29, 0.717) is 0 Å². The Bertz CT molecular complexity index is 737. The number of piperidine rings is 1. The number of ether oxygens (including phenoxy) is 1. The normalized spacial score (nSPS) is 20.2. The maximum atomic E-state index is 12.3. The topological polar surface area (TPSA) is 70.2 Å². The van der Waals surface area contributed by atoms with E-state index in [2.05, 4.69) is 21.4 Å². The van der Waals surface area contributed by atoms with Crippen molar-refractivity contribution in [3.8, 4) is 5.75 Å². The van der Waals surface area contributed by atoms with E-state index < -0.39 is 0 Å². The van der Waals surface area contributed by atoms with E-state index in [0.717, 1.165) is 61.7 Å². The first-order valence-electron chi connectivity index (χ1n) is 9.04. The van der Waals surface area contributed by atoms with E-state index in [-0.39, 0.29) is 18.4 Å². The summed E-state index contributed by atoms with van der Waals surface area (Å²) in [5, 5.41) is 3.42. The van der Waals surface area contributed by atoms with Gasteiger partial charge in [0.1, 0.15) is 5.75 Å². The zero-order valence-electron chi connectivity index (χ0n) is 14.3. The molecule has 25 heavy (non-hydrogen) atoms. The van der Waals surface area contributed by atoms with Crippen molar-refractivity contribution >= 4 is 5.91 Å².